The summed E-state index contributed by atoms with van der Waals surface area (Å²) in [6.45, 7) is 5.28. The molecule has 5 rings (SSSR count). The van der Waals surface area contributed by atoms with Crippen LogP contribution in [0.3, 0.4) is 0 Å². The van der Waals surface area contributed by atoms with E-state index in [9.17, 15) is 0 Å². The number of nitrogens with one attached hydrogen (secondary N) is 1. The summed E-state index contributed by atoms with van der Waals surface area (Å²) in [5.74, 6) is 1.45. The van der Waals surface area contributed by atoms with E-state index < -0.39 is 0 Å². The lowest BCUT2D eigenvalue weighted by Gasteiger charge is -2.28. The van der Waals surface area contributed by atoms with Gasteiger partial charge < -0.3 is 14.4 Å². The molecule has 1 aliphatic heterocycles. The topological polar surface area (TPSA) is 94.0 Å². The number of anilines is 1. The molecule has 0 saturated carbocycles. The Hall–Kier alpha value is -3.72. The van der Waals surface area contributed by atoms with Gasteiger partial charge in [-0.15, -0.1) is 0 Å². The van der Waals surface area contributed by atoms with Crippen molar-refractivity contribution in [3.8, 4) is 23.1 Å². The van der Waals surface area contributed by atoms with Crippen LogP contribution in [0.5, 0.6) is 6.01 Å². The normalized spacial score (nSPS) is 14.0. The Morgan fingerprint density at radius 1 is 1.10 bits per heavy atom. The van der Waals surface area contributed by atoms with Gasteiger partial charge in [0, 0.05) is 42.7 Å². The van der Waals surface area contributed by atoms with Crippen LogP contribution < -0.4 is 9.64 Å². The van der Waals surface area contributed by atoms with E-state index in [1.165, 1.54) is 5.56 Å². The summed E-state index contributed by atoms with van der Waals surface area (Å²) < 4.78 is 13.1. The number of H-pyrrole nitrogens is 1. The van der Waals surface area contributed by atoms with Gasteiger partial charge in [0.2, 0.25) is 0 Å². The van der Waals surface area contributed by atoms with Crippen LogP contribution in [0.4, 0.5) is 5.82 Å². The van der Waals surface area contributed by atoms with E-state index in [1.807, 2.05) is 24.4 Å². The van der Waals surface area contributed by atoms with E-state index in [2.05, 4.69) is 50.2 Å². The quantitative estimate of drug-likeness (QED) is 0.515. The predicted octanol–water partition coefficient (Wildman–Crippen LogP) is 2.78. The molecule has 1 aromatic carbocycles. The summed E-state index contributed by atoms with van der Waals surface area (Å²) in [5, 5.41) is 11.5. The van der Waals surface area contributed by atoms with Crippen LogP contribution in [0.2, 0.25) is 0 Å². The van der Waals surface area contributed by atoms with Crippen molar-refractivity contribution in [2.45, 2.75) is 13.5 Å². The van der Waals surface area contributed by atoms with Crippen molar-refractivity contribution >= 4 is 5.82 Å². The maximum atomic E-state index is 5.87. The minimum atomic E-state index is 0.299. The van der Waals surface area contributed by atoms with Gasteiger partial charge in [0.1, 0.15) is 12.4 Å². The van der Waals surface area contributed by atoms with Crippen molar-refractivity contribution in [1.29, 1.82) is 0 Å². The van der Waals surface area contributed by atoms with Crippen molar-refractivity contribution in [2.24, 2.45) is 0 Å². The SMILES string of the molecule is Cc1cccc(-c2ccn(-c3cc(N4CCOCC4)nc(OCc4cn[nH]c4)n3)n2)c1. The fraction of sp³-hybridized carbons (Fsp3) is 0.273. The molecular weight excluding hydrogens is 394 g/mol. The maximum absolute atomic E-state index is 5.87. The standard InChI is InChI=1S/C22H23N7O2/c1-16-3-2-4-18(11-16)19-5-6-29(27-19)21-12-20(28-7-9-30-10-8-28)25-22(26-21)31-15-17-13-23-24-14-17/h2-6,11-14H,7-10,15H2,1H3,(H,23,24). The second kappa shape index (κ2) is 8.57. The maximum Gasteiger partial charge on any atom is 0.320 e. The minimum absolute atomic E-state index is 0.299. The van der Waals surface area contributed by atoms with Crippen molar-refractivity contribution < 1.29 is 9.47 Å². The molecule has 9 heteroatoms. The zero-order valence-electron chi connectivity index (χ0n) is 17.2. The largest absolute Gasteiger partial charge is 0.458 e. The van der Waals surface area contributed by atoms with Gasteiger partial charge in [0.15, 0.2) is 5.82 Å². The number of hydrogen-bond acceptors (Lipinski definition) is 7. The lowest BCUT2D eigenvalue weighted by atomic mass is 10.1. The van der Waals surface area contributed by atoms with Crippen LogP contribution in [0.25, 0.3) is 17.1 Å². The molecule has 0 aliphatic carbocycles. The highest BCUT2D eigenvalue weighted by atomic mass is 16.5. The highest BCUT2D eigenvalue weighted by molar-refractivity contribution is 5.60. The number of aromatic nitrogens is 6. The first-order valence-electron chi connectivity index (χ1n) is 10.2. The zero-order valence-corrected chi connectivity index (χ0v) is 17.2. The van der Waals surface area contributed by atoms with Crippen molar-refractivity contribution in [1.82, 2.24) is 29.9 Å². The second-order valence-electron chi connectivity index (χ2n) is 7.38. The summed E-state index contributed by atoms with van der Waals surface area (Å²) in [6.07, 6.45) is 5.41. The summed E-state index contributed by atoms with van der Waals surface area (Å²) in [5.41, 5.74) is 4.06. The van der Waals surface area contributed by atoms with Crippen molar-refractivity contribution in [3.05, 3.63) is 66.1 Å². The van der Waals surface area contributed by atoms with Gasteiger partial charge in [-0.3, -0.25) is 5.10 Å². The van der Waals surface area contributed by atoms with Crippen LogP contribution in [0.15, 0.2) is 55.0 Å². The predicted molar refractivity (Wildman–Crippen MR) is 115 cm³/mol. The number of nitrogens with zero attached hydrogens (tertiary/aromatic N) is 6. The van der Waals surface area contributed by atoms with Crippen LogP contribution in [-0.4, -0.2) is 56.2 Å². The van der Waals surface area contributed by atoms with Gasteiger partial charge >= 0.3 is 6.01 Å². The first-order valence-corrected chi connectivity index (χ1v) is 10.2. The van der Waals surface area contributed by atoms with Gasteiger partial charge in [0.25, 0.3) is 0 Å². The molecule has 4 aromatic rings. The van der Waals surface area contributed by atoms with Crippen molar-refractivity contribution in [3.63, 3.8) is 0 Å². The van der Waals surface area contributed by atoms with Crippen LogP contribution in [0, 0.1) is 6.92 Å². The van der Waals surface area contributed by atoms with E-state index in [-0.39, 0.29) is 0 Å². The van der Waals surface area contributed by atoms with Gasteiger partial charge in [-0.05, 0) is 19.1 Å². The fourth-order valence-corrected chi connectivity index (χ4v) is 3.45. The average molecular weight is 417 g/mol. The van der Waals surface area contributed by atoms with Gasteiger partial charge in [-0.2, -0.15) is 20.2 Å². The molecular formula is C22H23N7O2. The second-order valence-corrected chi connectivity index (χ2v) is 7.38. The van der Waals surface area contributed by atoms with Gasteiger partial charge in [-0.1, -0.05) is 23.8 Å². The number of benzene rings is 1. The third kappa shape index (κ3) is 4.41. The van der Waals surface area contributed by atoms with Crippen LogP contribution >= 0.6 is 0 Å². The van der Waals surface area contributed by atoms with E-state index in [4.69, 9.17) is 14.6 Å². The number of morpholine rings is 1. The third-order valence-electron chi connectivity index (χ3n) is 5.07. The smallest absolute Gasteiger partial charge is 0.320 e. The molecule has 0 bridgehead atoms. The number of rotatable bonds is 6. The molecule has 1 N–H and O–H groups in total. The molecule has 0 spiro atoms. The Balaban J connectivity index is 1.47. The number of aromatic amines is 1. The van der Waals surface area contributed by atoms with Crippen molar-refractivity contribution in [2.75, 3.05) is 31.2 Å². The van der Waals surface area contributed by atoms with Gasteiger partial charge in [0.05, 0.1) is 25.1 Å². The van der Waals surface area contributed by atoms with Crippen LogP contribution in [-0.2, 0) is 11.3 Å². The summed E-state index contributed by atoms with van der Waals surface area (Å²) >= 11 is 0. The molecule has 3 aromatic heterocycles. The number of aryl methyl sites for hydroxylation is 1. The molecule has 4 heterocycles. The summed E-state index contributed by atoms with van der Waals surface area (Å²) in [6, 6.07) is 12.5. The Morgan fingerprint density at radius 3 is 2.77 bits per heavy atom. The highest BCUT2D eigenvalue weighted by Crippen LogP contribution is 2.23. The molecule has 158 valence electrons. The molecule has 1 fully saturated rings. The lowest BCUT2D eigenvalue weighted by Crippen LogP contribution is -2.37. The lowest BCUT2D eigenvalue weighted by molar-refractivity contribution is 0.122. The number of ether oxygens (including phenoxy) is 2. The highest BCUT2D eigenvalue weighted by Gasteiger charge is 2.17. The van der Waals surface area contributed by atoms with Gasteiger partial charge in [-0.25, -0.2) is 4.68 Å². The van der Waals surface area contributed by atoms with E-state index >= 15 is 0 Å². The Morgan fingerprint density at radius 2 is 1.97 bits per heavy atom. The molecule has 0 atom stereocenters. The Bertz CT molecular complexity index is 1150. The number of hydrogen-bond donors (Lipinski definition) is 1. The Kier molecular flexibility index (Phi) is 5.32. The fourth-order valence-electron chi connectivity index (χ4n) is 3.45. The summed E-state index contributed by atoms with van der Waals surface area (Å²) in [4.78, 5) is 11.4. The first-order chi connectivity index (χ1) is 15.2. The first kappa shape index (κ1) is 19.3. The molecule has 1 saturated heterocycles. The van der Waals surface area contributed by atoms with E-state index in [1.54, 1.807) is 17.1 Å². The molecule has 9 nitrogen and oxygen atoms in total. The third-order valence-corrected chi connectivity index (χ3v) is 5.07. The average Bonchev–Trinajstić information content (AvgIpc) is 3.51. The zero-order chi connectivity index (χ0) is 21.0. The summed E-state index contributed by atoms with van der Waals surface area (Å²) in [7, 11) is 0. The van der Waals surface area contributed by atoms with E-state index in [0.717, 1.165) is 35.7 Å². The molecule has 0 radical (unpaired) electrons. The van der Waals surface area contributed by atoms with Crippen LogP contribution in [0.1, 0.15) is 11.1 Å². The molecule has 0 unspecified atom stereocenters. The molecule has 31 heavy (non-hydrogen) atoms. The Labute approximate surface area is 179 Å². The molecule has 0 amide bonds. The van der Waals surface area contributed by atoms with E-state index in [0.29, 0.717) is 31.6 Å². The minimum Gasteiger partial charge on any atom is -0.458 e. The molecule has 1 aliphatic rings. The monoisotopic (exact) mass is 417 g/mol.